The van der Waals surface area contributed by atoms with Gasteiger partial charge in [0.05, 0.1) is 39.0 Å². The average molecular weight is 461 g/mol. The number of benzene rings is 3. The van der Waals surface area contributed by atoms with Gasteiger partial charge in [0.15, 0.2) is 0 Å². The topological polar surface area (TPSA) is 77.1 Å². The Balaban J connectivity index is 1.72. The van der Waals surface area contributed by atoms with Gasteiger partial charge in [0.2, 0.25) is 11.8 Å². The summed E-state index contributed by atoms with van der Waals surface area (Å²) < 4.78 is 16.0. The van der Waals surface area contributed by atoms with Gasteiger partial charge in [-0.25, -0.2) is 0 Å². The van der Waals surface area contributed by atoms with Crippen molar-refractivity contribution >= 4 is 23.2 Å². The van der Waals surface area contributed by atoms with Crippen molar-refractivity contribution in [2.45, 2.75) is 19.4 Å². The number of carbonyl (C=O) groups is 2. The van der Waals surface area contributed by atoms with E-state index in [1.54, 1.807) is 38.4 Å². The molecular formula is C27H28N2O5. The average Bonchev–Trinajstić information content (AvgIpc) is 3.21. The van der Waals surface area contributed by atoms with Crippen molar-refractivity contribution in [1.29, 1.82) is 0 Å². The van der Waals surface area contributed by atoms with Crippen molar-refractivity contribution in [1.82, 2.24) is 0 Å². The molecule has 1 aliphatic heterocycles. The van der Waals surface area contributed by atoms with Crippen LogP contribution in [0.4, 0.5) is 11.4 Å². The first-order chi connectivity index (χ1) is 16.4. The first-order valence-electron chi connectivity index (χ1n) is 11.0. The van der Waals surface area contributed by atoms with Gasteiger partial charge < -0.3 is 24.4 Å². The number of hydrogen-bond acceptors (Lipinski definition) is 5. The van der Waals surface area contributed by atoms with Gasteiger partial charge in [-0.15, -0.1) is 0 Å². The minimum Gasteiger partial charge on any atom is -0.497 e. The van der Waals surface area contributed by atoms with Crippen molar-refractivity contribution in [2.75, 3.05) is 31.5 Å². The fourth-order valence-electron chi connectivity index (χ4n) is 4.34. The molecule has 2 unspecified atom stereocenters. The maximum Gasteiger partial charge on any atom is 0.230 e. The van der Waals surface area contributed by atoms with Crippen molar-refractivity contribution in [2.24, 2.45) is 5.92 Å². The summed E-state index contributed by atoms with van der Waals surface area (Å²) in [6.45, 7) is 1.94. The Bertz CT molecular complexity index is 1170. The molecule has 0 aromatic heterocycles. The number of aryl methyl sites for hydroxylation is 1. The second kappa shape index (κ2) is 9.87. The van der Waals surface area contributed by atoms with Crippen LogP contribution in [0.2, 0.25) is 0 Å². The van der Waals surface area contributed by atoms with Gasteiger partial charge >= 0.3 is 0 Å². The molecule has 176 valence electrons. The summed E-state index contributed by atoms with van der Waals surface area (Å²) in [5.74, 6) is 0.993. The van der Waals surface area contributed by atoms with Gasteiger partial charge in [-0.05, 0) is 66.6 Å². The van der Waals surface area contributed by atoms with Crippen molar-refractivity contribution in [3.8, 4) is 17.2 Å². The van der Waals surface area contributed by atoms with Crippen LogP contribution in [0.15, 0.2) is 66.7 Å². The van der Waals surface area contributed by atoms with Crippen molar-refractivity contribution < 1.29 is 23.8 Å². The summed E-state index contributed by atoms with van der Waals surface area (Å²) in [6.07, 6.45) is 0.0860. The number of anilines is 2. The Morgan fingerprint density at radius 1 is 0.882 bits per heavy atom. The van der Waals surface area contributed by atoms with Crippen LogP contribution in [-0.2, 0) is 9.59 Å². The molecule has 3 aromatic carbocycles. The summed E-state index contributed by atoms with van der Waals surface area (Å²) >= 11 is 0. The lowest BCUT2D eigenvalue weighted by Crippen LogP contribution is -2.32. The molecule has 0 radical (unpaired) electrons. The lowest BCUT2D eigenvalue weighted by atomic mass is 9.92. The fourth-order valence-corrected chi connectivity index (χ4v) is 4.34. The summed E-state index contributed by atoms with van der Waals surface area (Å²) in [5, 5.41) is 2.99. The molecule has 1 heterocycles. The van der Waals surface area contributed by atoms with E-state index >= 15 is 0 Å². The number of rotatable bonds is 7. The van der Waals surface area contributed by atoms with Crippen LogP contribution in [0, 0.1) is 12.8 Å². The number of amides is 2. The molecule has 0 saturated carbocycles. The van der Waals surface area contributed by atoms with Crippen LogP contribution in [0.1, 0.15) is 23.6 Å². The largest absolute Gasteiger partial charge is 0.497 e. The van der Waals surface area contributed by atoms with Crippen LogP contribution in [0.5, 0.6) is 17.2 Å². The van der Waals surface area contributed by atoms with E-state index in [0.29, 0.717) is 28.6 Å². The molecule has 1 fully saturated rings. The van der Waals surface area contributed by atoms with Crippen LogP contribution < -0.4 is 24.4 Å². The highest BCUT2D eigenvalue weighted by Gasteiger charge is 2.45. The quantitative estimate of drug-likeness (QED) is 0.550. The third-order valence-electron chi connectivity index (χ3n) is 6.08. The number of hydrogen-bond donors (Lipinski definition) is 1. The Morgan fingerprint density at radius 2 is 1.50 bits per heavy atom. The summed E-state index contributed by atoms with van der Waals surface area (Å²) in [7, 11) is 4.75. The lowest BCUT2D eigenvalue weighted by molar-refractivity contribution is -0.122. The maximum absolute atomic E-state index is 13.5. The minimum atomic E-state index is -0.604. The Labute approximate surface area is 199 Å². The molecule has 1 aliphatic rings. The normalized spacial score (nSPS) is 17.4. The van der Waals surface area contributed by atoms with E-state index in [1.807, 2.05) is 61.5 Å². The van der Waals surface area contributed by atoms with Gasteiger partial charge in [-0.3, -0.25) is 9.59 Å². The molecule has 1 N–H and O–H groups in total. The molecule has 7 heteroatoms. The molecule has 2 amide bonds. The van der Waals surface area contributed by atoms with E-state index in [1.165, 1.54) is 0 Å². The number of nitrogens with one attached hydrogen (secondary N) is 1. The van der Waals surface area contributed by atoms with E-state index in [0.717, 1.165) is 11.1 Å². The third-order valence-corrected chi connectivity index (χ3v) is 6.08. The molecule has 2 atom stereocenters. The molecule has 4 rings (SSSR count). The fraction of sp³-hybridized carbons (Fsp3) is 0.259. The molecule has 34 heavy (non-hydrogen) atoms. The number of methoxy groups -OCH3 is 3. The minimum absolute atomic E-state index is 0.0860. The zero-order valence-electron chi connectivity index (χ0n) is 19.7. The molecule has 0 spiro atoms. The number of nitrogens with zero attached hydrogens (tertiary/aromatic N) is 1. The van der Waals surface area contributed by atoms with Crippen LogP contribution >= 0.6 is 0 Å². The van der Waals surface area contributed by atoms with E-state index in [4.69, 9.17) is 14.2 Å². The van der Waals surface area contributed by atoms with Gasteiger partial charge in [0.25, 0.3) is 0 Å². The molecule has 1 saturated heterocycles. The first kappa shape index (κ1) is 23.2. The number of carbonyl (C=O) groups excluding carboxylic acids is 2. The summed E-state index contributed by atoms with van der Waals surface area (Å²) in [6, 6.07) is 19.8. The van der Waals surface area contributed by atoms with E-state index in [-0.39, 0.29) is 18.2 Å². The zero-order chi connectivity index (χ0) is 24.2. The molecule has 7 nitrogen and oxygen atoms in total. The highest BCUT2D eigenvalue weighted by Crippen LogP contribution is 2.43. The SMILES string of the molecule is COc1ccc(C2C(C(=O)Nc3cc(C)ccc3OC)CC(=O)N2c2ccc(OC)cc2)cc1. The van der Waals surface area contributed by atoms with E-state index in [9.17, 15) is 9.59 Å². The van der Waals surface area contributed by atoms with Gasteiger partial charge in [0, 0.05) is 12.1 Å². The van der Waals surface area contributed by atoms with Crippen LogP contribution in [0.3, 0.4) is 0 Å². The predicted molar refractivity (Wildman–Crippen MR) is 131 cm³/mol. The molecular weight excluding hydrogens is 432 g/mol. The second-order valence-electron chi connectivity index (χ2n) is 8.18. The standard InChI is InChI=1S/C27H28N2O5/c1-17-5-14-24(34-4)23(15-17)28-27(31)22-16-25(30)29(19-8-12-21(33-3)13-9-19)26(22)18-6-10-20(32-2)11-7-18/h5-15,22,26H,16H2,1-4H3,(H,28,31). The predicted octanol–water partition coefficient (Wildman–Crippen LogP) is 4.75. The Morgan fingerprint density at radius 3 is 2.09 bits per heavy atom. The highest BCUT2D eigenvalue weighted by molar-refractivity contribution is 6.05. The van der Waals surface area contributed by atoms with Gasteiger partial charge in [0.1, 0.15) is 17.2 Å². The molecule has 0 bridgehead atoms. The van der Waals surface area contributed by atoms with E-state index in [2.05, 4.69) is 5.32 Å². The second-order valence-corrected chi connectivity index (χ2v) is 8.18. The third kappa shape index (κ3) is 4.55. The Hall–Kier alpha value is -4.00. The Kier molecular flexibility index (Phi) is 6.72. The van der Waals surface area contributed by atoms with E-state index < -0.39 is 12.0 Å². The molecule has 0 aliphatic carbocycles. The summed E-state index contributed by atoms with van der Waals surface area (Å²) in [4.78, 5) is 28.5. The highest BCUT2D eigenvalue weighted by atomic mass is 16.5. The van der Waals surface area contributed by atoms with Crippen LogP contribution in [-0.4, -0.2) is 33.1 Å². The molecule has 3 aromatic rings. The summed E-state index contributed by atoms with van der Waals surface area (Å²) in [5.41, 5.74) is 3.12. The van der Waals surface area contributed by atoms with Crippen molar-refractivity contribution in [3.05, 3.63) is 77.9 Å². The van der Waals surface area contributed by atoms with Crippen molar-refractivity contribution in [3.63, 3.8) is 0 Å². The monoisotopic (exact) mass is 460 g/mol. The van der Waals surface area contributed by atoms with Crippen LogP contribution in [0.25, 0.3) is 0 Å². The zero-order valence-corrected chi connectivity index (χ0v) is 19.7. The smallest absolute Gasteiger partial charge is 0.230 e. The van der Waals surface area contributed by atoms with Gasteiger partial charge in [-0.2, -0.15) is 0 Å². The maximum atomic E-state index is 13.5. The van der Waals surface area contributed by atoms with Gasteiger partial charge in [-0.1, -0.05) is 18.2 Å². The first-order valence-corrected chi connectivity index (χ1v) is 11.0. The lowest BCUT2D eigenvalue weighted by Gasteiger charge is -2.29. The number of ether oxygens (including phenoxy) is 3.